The first kappa shape index (κ1) is 14.8. The fourth-order valence-electron chi connectivity index (χ4n) is 2.38. The van der Waals surface area contributed by atoms with Crippen LogP contribution in [-0.4, -0.2) is 10.9 Å². The molecule has 3 rings (SSSR count). The molecule has 1 N–H and O–H groups in total. The van der Waals surface area contributed by atoms with Crippen molar-refractivity contribution in [2.75, 3.05) is 0 Å². The Morgan fingerprint density at radius 1 is 1.17 bits per heavy atom. The lowest BCUT2D eigenvalue weighted by Gasteiger charge is -2.13. The maximum Gasteiger partial charge on any atom is 0.336 e. The quantitative estimate of drug-likeness (QED) is 0.591. The van der Waals surface area contributed by atoms with Gasteiger partial charge in [-0.15, -0.1) is 0 Å². The van der Waals surface area contributed by atoms with Gasteiger partial charge in [-0.3, -0.25) is 4.79 Å². The molecule has 3 aromatic rings. The summed E-state index contributed by atoms with van der Waals surface area (Å²) in [5.41, 5.74) is 0.496. The number of benzene rings is 2. The Kier molecular flexibility index (Phi) is 3.85. The first-order valence-corrected chi connectivity index (χ1v) is 7.04. The summed E-state index contributed by atoms with van der Waals surface area (Å²) in [4.78, 5) is 23.5. The predicted molar refractivity (Wildman–Crippen MR) is 84.9 cm³/mol. The number of hydrogen-bond donors (Lipinski definition) is 1. The van der Waals surface area contributed by atoms with Gasteiger partial charge in [-0.05, 0) is 24.6 Å². The molecular weight excluding hydrogens is 296 g/mol. The topological polar surface area (TPSA) is 76.7 Å². The summed E-state index contributed by atoms with van der Waals surface area (Å²) in [6.07, 6.45) is 0. The molecule has 5 heteroatoms. The van der Waals surface area contributed by atoms with Crippen LogP contribution in [0.3, 0.4) is 0 Å². The first-order valence-electron chi connectivity index (χ1n) is 7.04. The van der Waals surface area contributed by atoms with Crippen LogP contribution in [0, 0.1) is 0 Å². The summed E-state index contributed by atoms with van der Waals surface area (Å²) < 4.78 is 10.8. The van der Waals surface area contributed by atoms with E-state index in [0.29, 0.717) is 5.39 Å². The molecule has 0 radical (unpaired) electrons. The van der Waals surface area contributed by atoms with Gasteiger partial charge in [-0.25, -0.2) is 4.79 Å². The molecule has 0 saturated heterocycles. The van der Waals surface area contributed by atoms with Crippen molar-refractivity contribution in [2.24, 2.45) is 0 Å². The molecule has 0 aliphatic heterocycles. The van der Waals surface area contributed by atoms with E-state index in [0.717, 1.165) is 5.56 Å². The van der Waals surface area contributed by atoms with Gasteiger partial charge in [0, 0.05) is 11.5 Å². The molecule has 0 amide bonds. The molecule has 0 atom stereocenters. The number of phenolic OH excluding ortho intramolecular Hbond substituents is 1. The van der Waals surface area contributed by atoms with E-state index < -0.39 is 5.63 Å². The summed E-state index contributed by atoms with van der Waals surface area (Å²) in [6, 6.07) is 13.5. The summed E-state index contributed by atoms with van der Waals surface area (Å²) in [5.74, 6) is -0.515. The highest BCUT2D eigenvalue weighted by Crippen LogP contribution is 2.37. The van der Waals surface area contributed by atoms with Crippen LogP contribution in [0.25, 0.3) is 11.0 Å². The molecule has 5 nitrogen and oxygen atoms in total. The van der Waals surface area contributed by atoms with E-state index in [2.05, 4.69) is 0 Å². The van der Waals surface area contributed by atoms with Crippen molar-refractivity contribution in [3.05, 3.63) is 70.1 Å². The zero-order valence-electron chi connectivity index (χ0n) is 12.4. The van der Waals surface area contributed by atoms with E-state index in [1.54, 1.807) is 0 Å². The number of rotatable bonds is 4. The third-order valence-corrected chi connectivity index (χ3v) is 3.42. The number of hydrogen-bond acceptors (Lipinski definition) is 5. The summed E-state index contributed by atoms with van der Waals surface area (Å²) >= 11 is 0. The van der Waals surface area contributed by atoms with E-state index in [4.69, 9.17) is 9.15 Å². The summed E-state index contributed by atoms with van der Waals surface area (Å²) in [6.45, 7) is 1.51. The van der Waals surface area contributed by atoms with Crippen molar-refractivity contribution >= 4 is 16.8 Å². The van der Waals surface area contributed by atoms with Crippen molar-refractivity contribution in [1.29, 1.82) is 0 Å². The average molecular weight is 310 g/mol. The van der Waals surface area contributed by atoms with Crippen LogP contribution in [-0.2, 0) is 6.61 Å². The minimum atomic E-state index is -0.570. The molecule has 0 saturated carbocycles. The fourth-order valence-corrected chi connectivity index (χ4v) is 2.38. The largest absolute Gasteiger partial charge is 0.504 e. The minimum absolute atomic E-state index is 0.0169. The number of aromatic hydroxyl groups is 1. The van der Waals surface area contributed by atoms with Crippen molar-refractivity contribution in [2.45, 2.75) is 13.5 Å². The lowest BCUT2D eigenvalue weighted by atomic mass is 10.1. The standard InChI is InChI=1S/C18H14O5/c1-11(19)16-17-13(7-8-15(21)23-17)9-14(20)18(16)22-10-12-5-3-2-4-6-12/h2-9,20H,10H2,1H3. The first-order chi connectivity index (χ1) is 11.1. The molecule has 0 aliphatic rings. The number of ether oxygens (including phenoxy) is 1. The number of phenols is 1. The molecule has 116 valence electrons. The van der Waals surface area contributed by atoms with Crippen LogP contribution in [0.4, 0.5) is 0 Å². The number of Topliss-reactive ketones (excluding diaryl/α,β-unsaturated/α-hetero) is 1. The maximum atomic E-state index is 12.0. The van der Waals surface area contributed by atoms with Crippen LogP contribution >= 0.6 is 0 Å². The number of fused-ring (bicyclic) bond motifs is 1. The third kappa shape index (κ3) is 2.94. The van der Waals surface area contributed by atoms with Gasteiger partial charge in [0.1, 0.15) is 12.2 Å². The lowest BCUT2D eigenvalue weighted by molar-refractivity contribution is 0.101. The second-order valence-corrected chi connectivity index (χ2v) is 5.10. The predicted octanol–water partition coefficient (Wildman–Crippen LogP) is 3.28. The molecule has 0 unspecified atom stereocenters. The van der Waals surface area contributed by atoms with E-state index in [1.165, 1.54) is 25.1 Å². The highest BCUT2D eigenvalue weighted by molar-refractivity contribution is 6.08. The van der Waals surface area contributed by atoms with Crippen LogP contribution < -0.4 is 10.4 Å². The van der Waals surface area contributed by atoms with Gasteiger partial charge >= 0.3 is 5.63 Å². The van der Waals surface area contributed by atoms with Gasteiger partial charge < -0.3 is 14.3 Å². The molecule has 0 bridgehead atoms. The second-order valence-electron chi connectivity index (χ2n) is 5.10. The zero-order chi connectivity index (χ0) is 16.4. The third-order valence-electron chi connectivity index (χ3n) is 3.42. The van der Waals surface area contributed by atoms with Crippen LogP contribution in [0.1, 0.15) is 22.8 Å². The molecular formula is C18H14O5. The van der Waals surface area contributed by atoms with Gasteiger partial charge in [0.2, 0.25) is 0 Å². The number of carbonyl (C=O) groups excluding carboxylic acids is 1. The lowest BCUT2D eigenvalue weighted by Crippen LogP contribution is -2.05. The molecule has 0 fully saturated rings. The average Bonchev–Trinajstić information content (AvgIpc) is 2.53. The Morgan fingerprint density at radius 2 is 1.91 bits per heavy atom. The Bertz CT molecular complexity index is 925. The smallest absolute Gasteiger partial charge is 0.336 e. The highest BCUT2D eigenvalue weighted by atomic mass is 16.5. The molecule has 2 aromatic carbocycles. The summed E-state index contributed by atoms with van der Waals surface area (Å²) in [7, 11) is 0. The Labute approximate surface area is 131 Å². The summed E-state index contributed by atoms with van der Waals surface area (Å²) in [5, 5.41) is 10.6. The van der Waals surface area contributed by atoms with E-state index in [1.807, 2.05) is 30.3 Å². The Morgan fingerprint density at radius 3 is 2.61 bits per heavy atom. The molecule has 1 aromatic heterocycles. The number of carbonyl (C=O) groups is 1. The second kappa shape index (κ2) is 5.96. The van der Waals surface area contributed by atoms with Crippen LogP contribution in [0.15, 0.2) is 57.7 Å². The highest BCUT2D eigenvalue weighted by Gasteiger charge is 2.20. The SMILES string of the molecule is CC(=O)c1c(OCc2ccccc2)c(O)cc2ccc(=O)oc12. The molecule has 1 heterocycles. The van der Waals surface area contributed by atoms with Gasteiger partial charge in [-0.1, -0.05) is 30.3 Å². The van der Waals surface area contributed by atoms with Gasteiger partial charge in [0.15, 0.2) is 22.9 Å². The van der Waals surface area contributed by atoms with E-state index >= 15 is 0 Å². The Balaban J connectivity index is 2.11. The monoisotopic (exact) mass is 310 g/mol. The minimum Gasteiger partial charge on any atom is -0.504 e. The van der Waals surface area contributed by atoms with E-state index in [9.17, 15) is 14.7 Å². The van der Waals surface area contributed by atoms with Crippen LogP contribution in [0.2, 0.25) is 0 Å². The van der Waals surface area contributed by atoms with Crippen molar-refractivity contribution < 1.29 is 19.1 Å². The van der Waals surface area contributed by atoms with Gasteiger partial charge in [0.25, 0.3) is 0 Å². The molecule has 0 aliphatic carbocycles. The Hall–Kier alpha value is -3.08. The van der Waals surface area contributed by atoms with Crippen molar-refractivity contribution in [1.82, 2.24) is 0 Å². The van der Waals surface area contributed by atoms with Crippen molar-refractivity contribution in [3.8, 4) is 11.5 Å². The normalized spacial score (nSPS) is 10.7. The van der Waals surface area contributed by atoms with E-state index in [-0.39, 0.29) is 35.0 Å². The van der Waals surface area contributed by atoms with Gasteiger partial charge in [0.05, 0.1) is 0 Å². The zero-order valence-corrected chi connectivity index (χ0v) is 12.4. The molecule has 23 heavy (non-hydrogen) atoms. The maximum absolute atomic E-state index is 12.0. The fraction of sp³-hybridized carbons (Fsp3) is 0.111. The van der Waals surface area contributed by atoms with Crippen LogP contribution in [0.5, 0.6) is 11.5 Å². The number of ketones is 1. The van der Waals surface area contributed by atoms with Gasteiger partial charge in [-0.2, -0.15) is 0 Å². The molecule has 0 spiro atoms. The van der Waals surface area contributed by atoms with Crippen molar-refractivity contribution in [3.63, 3.8) is 0 Å².